The maximum Gasteiger partial charge on any atom is 0.318 e. The maximum absolute atomic E-state index is 12.8. The summed E-state index contributed by atoms with van der Waals surface area (Å²) in [6.07, 6.45) is 12.7. The van der Waals surface area contributed by atoms with E-state index in [2.05, 4.69) is 27.3 Å². The van der Waals surface area contributed by atoms with E-state index in [4.69, 9.17) is 0 Å². The zero-order valence-electron chi connectivity index (χ0n) is 14.8. The molecule has 2 aromatic rings. The van der Waals surface area contributed by atoms with Crippen molar-refractivity contribution < 1.29 is 4.79 Å². The number of hydrogen-bond acceptors (Lipinski definition) is 2. The first kappa shape index (κ1) is 17.5. The third-order valence-electron chi connectivity index (χ3n) is 4.87. The van der Waals surface area contributed by atoms with Gasteiger partial charge in [-0.2, -0.15) is 0 Å². The van der Waals surface area contributed by atoms with E-state index < -0.39 is 0 Å². The fourth-order valence-electron chi connectivity index (χ4n) is 3.50. The molecule has 1 aliphatic carbocycles. The van der Waals surface area contributed by atoms with Gasteiger partial charge in [-0.1, -0.05) is 25.3 Å². The van der Waals surface area contributed by atoms with Gasteiger partial charge in [0.05, 0.1) is 12.2 Å². The molecule has 1 saturated carbocycles. The van der Waals surface area contributed by atoms with Crippen LogP contribution in [0, 0.1) is 0 Å². The quantitative estimate of drug-likeness (QED) is 0.779. The van der Waals surface area contributed by atoms with Crippen molar-refractivity contribution in [3.05, 3.63) is 54.6 Å². The molecule has 0 bridgehead atoms. The topological polar surface area (TPSA) is 50.2 Å². The van der Waals surface area contributed by atoms with Crippen LogP contribution in [0.5, 0.6) is 0 Å². The highest BCUT2D eigenvalue weighted by Gasteiger charge is 2.25. The van der Waals surface area contributed by atoms with Crippen LogP contribution in [0.15, 0.2) is 48.9 Å². The Morgan fingerprint density at radius 2 is 1.96 bits per heavy atom. The molecular weight excluding hydrogens is 312 g/mol. The molecule has 134 valence electrons. The molecule has 0 aromatic carbocycles. The van der Waals surface area contributed by atoms with Crippen molar-refractivity contribution in [3.8, 4) is 0 Å². The van der Waals surface area contributed by atoms with E-state index in [0.29, 0.717) is 19.1 Å². The number of aromatic nitrogens is 2. The van der Waals surface area contributed by atoms with Crippen LogP contribution in [0.25, 0.3) is 0 Å². The lowest BCUT2D eigenvalue weighted by atomic mass is 9.94. The lowest BCUT2D eigenvalue weighted by molar-refractivity contribution is 0.150. The second kappa shape index (κ2) is 9.25. The standard InChI is InChI=1S/C20H28N4O/c25-20(22-13-8-16-23-14-6-7-15-23)24(19-10-2-1-3-11-19)17-18-9-4-5-12-21-18/h4-7,9,12,14-15,19H,1-3,8,10-11,13,16-17H2,(H,22,25). The highest BCUT2D eigenvalue weighted by molar-refractivity contribution is 5.74. The van der Waals surface area contributed by atoms with Crippen molar-refractivity contribution in [1.29, 1.82) is 0 Å². The molecule has 1 fully saturated rings. The van der Waals surface area contributed by atoms with E-state index in [1.165, 1.54) is 19.3 Å². The summed E-state index contributed by atoms with van der Waals surface area (Å²) in [4.78, 5) is 19.2. The van der Waals surface area contributed by atoms with Gasteiger partial charge < -0.3 is 14.8 Å². The van der Waals surface area contributed by atoms with Crippen molar-refractivity contribution in [1.82, 2.24) is 19.8 Å². The summed E-state index contributed by atoms with van der Waals surface area (Å²) >= 11 is 0. The summed E-state index contributed by atoms with van der Waals surface area (Å²) < 4.78 is 2.14. The number of aryl methyl sites for hydroxylation is 1. The van der Waals surface area contributed by atoms with Crippen molar-refractivity contribution in [2.24, 2.45) is 0 Å². The number of carbonyl (C=O) groups excluding carboxylic acids is 1. The maximum atomic E-state index is 12.8. The summed E-state index contributed by atoms with van der Waals surface area (Å²) in [5.74, 6) is 0. The molecule has 1 N–H and O–H groups in total. The monoisotopic (exact) mass is 340 g/mol. The summed E-state index contributed by atoms with van der Waals surface area (Å²) in [6.45, 7) is 2.22. The average Bonchev–Trinajstić information content (AvgIpc) is 3.18. The number of rotatable bonds is 7. The molecule has 5 heteroatoms. The Balaban J connectivity index is 1.54. The Labute approximate surface area is 150 Å². The Morgan fingerprint density at radius 3 is 2.68 bits per heavy atom. The van der Waals surface area contributed by atoms with Gasteiger partial charge in [0.2, 0.25) is 0 Å². The minimum atomic E-state index is 0.0464. The lowest BCUT2D eigenvalue weighted by Gasteiger charge is -2.34. The Bertz CT molecular complexity index is 620. The lowest BCUT2D eigenvalue weighted by Crippen LogP contribution is -2.46. The van der Waals surface area contributed by atoms with E-state index in [9.17, 15) is 4.79 Å². The molecule has 0 unspecified atom stereocenters. The normalized spacial score (nSPS) is 15.0. The Kier molecular flexibility index (Phi) is 6.48. The van der Waals surface area contributed by atoms with Crippen LogP contribution in [0.4, 0.5) is 4.79 Å². The second-order valence-electron chi connectivity index (χ2n) is 6.75. The number of carbonyl (C=O) groups is 1. The molecule has 5 nitrogen and oxygen atoms in total. The predicted octanol–water partition coefficient (Wildman–Crippen LogP) is 3.82. The molecule has 25 heavy (non-hydrogen) atoms. The number of pyridine rings is 1. The minimum absolute atomic E-state index is 0.0464. The van der Waals surface area contributed by atoms with E-state index in [1.54, 1.807) is 6.20 Å². The Morgan fingerprint density at radius 1 is 1.16 bits per heavy atom. The highest BCUT2D eigenvalue weighted by atomic mass is 16.2. The van der Waals surface area contributed by atoms with Crippen LogP contribution in [-0.2, 0) is 13.1 Å². The van der Waals surface area contributed by atoms with Gasteiger partial charge in [-0.05, 0) is 43.5 Å². The molecule has 0 aliphatic heterocycles. The van der Waals surface area contributed by atoms with Gasteiger partial charge in [0, 0.05) is 37.7 Å². The Hall–Kier alpha value is -2.30. The van der Waals surface area contributed by atoms with Crippen LogP contribution in [0.2, 0.25) is 0 Å². The van der Waals surface area contributed by atoms with Gasteiger partial charge >= 0.3 is 6.03 Å². The molecule has 2 aromatic heterocycles. The molecular formula is C20H28N4O. The molecule has 0 saturated heterocycles. The number of nitrogens with zero attached hydrogens (tertiary/aromatic N) is 3. The van der Waals surface area contributed by atoms with Crippen LogP contribution in [0.3, 0.4) is 0 Å². The summed E-state index contributed by atoms with van der Waals surface area (Å²) in [7, 11) is 0. The van der Waals surface area contributed by atoms with Gasteiger partial charge in [0.1, 0.15) is 0 Å². The van der Waals surface area contributed by atoms with Gasteiger partial charge in [-0.3, -0.25) is 4.98 Å². The average molecular weight is 340 g/mol. The largest absolute Gasteiger partial charge is 0.354 e. The first-order valence-electron chi connectivity index (χ1n) is 9.38. The predicted molar refractivity (Wildman–Crippen MR) is 99.1 cm³/mol. The first-order chi connectivity index (χ1) is 12.3. The van der Waals surface area contributed by atoms with E-state index in [1.807, 2.05) is 35.2 Å². The molecule has 2 heterocycles. The molecule has 0 atom stereocenters. The SMILES string of the molecule is O=C(NCCCn1cccc1)N(Cc1ccccn1)C1CCCCC1. The molecule has 3 rings (SSSR count). The number of urea groups is 1. The third-order valence-corrected chi connectivity index (χ3v) is 4.87. The van der Waals surface area contributed by atoms with Crippen molar-refractivity contribution >= 4 is 6.03 Å². The molecule has 0 spiro atoms. The first-order valence-corrected chi connectivity index (χ1v) is 9.38. The zero-order valence-corrected chi connectivity index (χ0v) is 14.8. The van der Waals surface area contributed by atoms with Crippen LogP contribution >= 0.6 is 0 Å². The second-order valence-corrected chi connectivity index (χ2v) is 6.75. The molecule has 1 aliphatic rings. The van der Waals surface area contributed by atoms with Gasteiger partial charge in [-0.25, -0.2) is 4.79 Å². The summed E-state index contributed by atoms with van der Waals surface area (Å²) in [6, 6.07) is 10.3. The van der Waals surface area contributed by atoms with Crippen molar-refractivity contribution in [3.63, 3.8) is 0 Å². The zero-order chi connectivity index (χ0) is 17.3. The molecule has 2 amide bonds. The van der Waals surface area contributed by atoms with E-state index in [-0.39, 0.29) is 6.03 Å². The third kappa shape index (κ3) is 5.34. The summed E-state index contributed by atoms with van der Waals surface area (Å²) in [5, 5.41) is 3.11. The van der Waals surface area contributed by atoms with Crippen LogP contribution in [-0.4, -0.2) is 33.1 Å². The minimum Gasteiger partial charge on any atom is -0.354 e. The summed E-state index contributed by atoms with van der Waals surface area (Å²) in [5.41, 5.74) is 0.954. The van der Waals surface area contributed by atoms with Gasteiger partial charge in [-0.15, -0.1) is 0 Å². The van der Waals surface area contributed by atoms with Crippen molar-refractivity contribution in [2.45, 2.75) is 57.7 Å². The van der Waals surface area contributed by atoms with E-state index in [0.717, 1.165) is 31.5 Å². The fourth-order valence-corrected chi connectivity index (χ4v) is 3.50. The molecule has 0 radical (unpaired) electrons. The number of hydrogen-bond donors (Lipinski definition) is 1. The van der Waals surface area contributed by atoms with E-state index >= 15 is 0 Å². The van der Waals surface area contributed by atoms with Crippen LogP contribution in [0.1, 0.15) is 44.2 Å². The smallest absolute Gasteiger partial charge is 0.318 e. The van der Waals surface area contributed by atoms with Crippen LogP contribution < -0.4 is 5.32 Å². The van der Waals surface area contributed by atoms with Gasteiger partial charge in [0.25, 0.3) is 0 Å². The highest BCUT2D eigenvalue weighted by Crippen LogP contribution is 2.24. The number of amides is 2. The van der Waals surface area contributed by atoms with Crippen molar-refractivity contribution in [2.75, 3.05) is 6.54 Å². The van der Waals surface area contributed by atoms with Gasteiger partial charge in [0.15, 0.2) is 0 Å². The number of nitrogens with one attached hydrogen (secondary N) is 1. The fraction of sp³-hybridized carbons (Fsp3) is 0.500.